The average molecular weight is 626 g/mol. The highest BCUT2D eigenvalue weighted by Gasteiger charge is 2.69. The molecule has 3 aromatic rings. The van der Waals surface area contributed by atoms with Gasteiger partial charge in [-0.25, -0.2) is 0 Å². The van der Waals surface area contributed by atoms with Crippen LogP contribution in [0.2, 0.25) is 0 Å². The summed E-state index contributed by atoms with van der Waals surface area (Å²) in [4.78, 5) is -0.0397. The van der Waals surface area contributed by atoms with Crippen molar-refractivity contribution in [1.29, 1.82) is 0 Å². The maximum atomic E-state index is 13.3. The van der Waals surface area contributed by atoms with Gasteiger partial charge in [-0.15, -0.1) is 0 Å². The normalized spacial score (nSPS) is 28.6. The number of ether oxygens (including phenoxy) is 1. The number of hydrogen-bond donors (Lipinski definition) is 2. The Balaban J connectivity index is 1.27. The van der Waals surface area contributed by atoms with E-state index < -0.39 is 56.5 Å². The number of aliphatic hydroxyl groups excluding tert-OH is 1. The third-order valence-electron chi connectivity index (χ3n) is 10.0. The molecule has 0 aromatic heterocycles. The first-order valence-electron chi connectivity index (χ1n) is 14.6. The van der Waals surface area contributed by atoms with Crippen molar-refractivity contribution in [2.24, 2.45) is 11.3 Å². The fourth-order valence-corrected chi connectivity index (χ4v) is 9.83. The van der Waals surface area contributed by atoms with Crippen LogP contribution < -0.4 is 10.1 Å². The van der Waals surface area contributed by atoms with E-state index >= 15 is 0 Å². The molecule has 11 heteroatoms. The van der Waals surface area contributed by atoms with Crippen LogP contribution in [0, 0.1) is 25.2 Å². The molecule has 2 fully saturated rings. The monoisotopic (exact) mass is 625 g/mol. The van der Waals surface area contributed by atoms with E-state index in [0.717, 1.165) is 41.8 Å². The molecule has 228 valence electrons. The summed E-state index contributed by atoms with van der Waals surface area (Å²) in [6, 6.07) is 18.6. The molecule has 1 saturated heterocycles. The second-order valence-electron chi connectivity index (χ2n) is 12.6. The lowest BCUT2D eigenvalue weighted by Crippen LogP contribution is -2.71. The Kier molecular flexibility index (Phi) is 6.81. The lowest BCUT2D eigenvalue weighted by Gasteiger charge is -2.60. The maximum Gasteiger partial charge on any atom is 0.296 e. The fraction of sp³-hybridized carbons (Fsp3) is 0.438. The number of benzene rings is 3. The number of aliphatic hydroxyl groups is 1. The molecule has 0 amide bonds. The predicted molar refractivity (Wildman–Crippen MR) is 158 cm³/mol. The summed E-state index contributed by atoms with van der Waals surface area (Å²) in [6.07, 6.45) is -0.220. The van der Waals surface area contributed by atoms with Gasteiger partial charge in [0.2, 0.25) is 0 Å². The first kappa shape index (κ1) is 28.9. The van der Waals surface area contributed by atoms with E-state index in [1.165, 1.54) is 29.8 Å². The number of hydrogen-bond acceptors (Lipinski definition) is 9. The van der Waals surface area contributed by atoms with Crippen LogP contribution in [0.4, 0.5) is 0 Å². The Hall–Kier alpha value is -2.80. The van der Waals surface area contributed by atoms with Crippen molar-refractivity contribution < 1.29 is 35.0 Å². The lowest BCUT2D eigenvalue weighted by molar-refractivity contribution is -0.170. The number of nitrogens with one attached hydrogen (secondary N) is 1. The molecule has 2 aliphatic carbocycles. The summed E-state index contributed by atoms with van der Waals surface area (Å²) < 4.78 is 71.2. The summed E-state index contributed by atoms with van der Waals surface area (Å²) in [7, 11) is -8.46. The van der Waals surface area contributed by atoms with Gasteiger partial charge in [0.1, 0.15) is 18.0 Å². The first-order chi connectivity index (χ1) is 20.5. The van der Waals surface area contributed by atoms with Gasteiger partial charge in [0.15, 0.2) is 0 Å². The second-order valence-corrected chi connectivity index (χ2v) is 15.8. The van der Waals surface area contributed by atoms with Crippen molar-refractivity contribution in [2.75, 3.05) is 19.8 Å². The molecule has 2 N–H and O–H groups in total. The quantitative estimate of drug-likeness (QED) is 0.362. The minimum atomic E-state index is -4.23. The van der Waals surface area contributed by atoms with E-state index in [9.17, 15) is 21.9 Å². The zero-order valence-corrected chi connectivity index (χ0v) is 25.7. The molecule has 9 nitrogen and oxygen atoms in total. The fourth-order valence-electron chi connectivity index (χ4n) is 7.84. The molecule has 1 spiro atoms. The Morgan fingerprint density at radius 1 is 0.884 bits per heavy atom. The molecular formula is C32H35NO8S2. The Morgan fingerprint density at radius 3 is 2.05 bits per heavy atom. The Morgan fingerprint density at radius 2 is 1.47 bits per heavy atom. The molecule has 7 rings (SSSR count). The standard InChI is InChI=1S/C32H35NO8S2/c1-20-6-10-23(11-7-20)42(35,36)39-18-31(19-40-43(37,38)24-12-8-21(2)9-13-24)17-25-26-16-22-4-3-5-27-28(22)32(25,14-15-33-26)30(41-27)29(31)34/h3-13,25-26,29-30,33-34H,14-19H2,1-2H3/t25-,26+,29?,30-,32-/m0/s1. The third kappa shape index (κ3) is 4.55. The highest BCUT2D eigenvalue weighted by Crippen LogP contribution is 2.64. The average Bonchev–Trinajstić information content (AvgIpc) is 3.31. The summed E-state index contributed by atoms with van der Waals surface area (Å²) >= 11 is 0. The Bertz CT molecular complexity index is 1690. The molecule has 1 unspecified atom stereocenters. The van der Waals surface area contributed by atoms with Gasteiger partial charge < -0.3 is 15.2 Å². The van der Waals surface area contributed by atoms with Gasteiger partial charge in [-0.2, -0.15) is 16.8 Å². The van der Waals surface area contributed by atoms with Gasteiger partial charge in [-0.05, 0) is 81.5 Å². The lowest BCUT2D eigenvalue weighted by atomic mass is 9.47. The van der Waals surface area contributed by atoms with Gasteiger partial charge in [0.05, 0.1) is 23.0 Å². The van der Waals surface area contributed by atoms with Crippen LogP contribution in [0.3, 0.4) is 0 Å². The number of aryl methyl sites for hydroxylation is 2. The van der Waals surface area contributed by atoms with Crippen molar-refractivity contribution >= 4 is 20.2 Å². The molecule has 43 heavy (non-hydrogen) atoms. The molecular weight excluding hydrogens is 590 g/mol. The first-order valence-corrected chi connectivity index (χ1v) is 17.4. The minimum Gasteiger partial charge on any atom is -0.486 e. The van der Waals surface area contributed by atoms with E-state index in [2.05, 4.69) is 11.4 Å². The van der Waals surface area contributed by atoms with Crippen LogP contribution >= 0.6 is 0 Å². The van der Waals surface area contributed by atoms with E-state index in [0.29, 0.717) is 0 Å². The smallest absolute Gasteiger partial charge is 0.296 e. The molecule has 2 bridgehead atoms. The van der Waals surface area contributed by atoms with Crippen molar-refractivity contribution in [3.05, 3.63) is 89.0 Å². The molecule has 1 saturated carbocycles. The van der Waals surface area contributed by atoms with Crippen molar-refractivity contribution in [3.8, 4) is 5.75 Å². The summed E-state index contributed by atoms with van der Waals surface area (Å²) in [6.45, 7) is 3.51. The van der Waals surface area contributed by atoms with Crippen LogP contribution in [0.25, 0.3) is 0 Å². The molecule has 2 aliphatic heterocycles. The summed E-state index contributed by atoms with van der Waals surface area (Å²) in [5.74, 6) is 0.659. The van der Waals surface area contributed by atoms with Gasteiger partial charge in [0, 0.05) is 22.4 Å². The summed E-state index contributed by atoms with van der Waals surface area (Å²) in [5, 5.41) is 15.8. The second kappa shape index (κ2) is 10.1. The van der Waals surface area contributed by atoms with Crippen LogP contribution in [0.5, 0.6) is 5.75 Å². The van der Waals surface area contributed by atoms with Crippen LogP contribution in [-0.4, -0.2) is 60.0 Å². The predicted octanol–water partition coefficient (Wildman–Crippen LogP) is 3.40. The van der Waals surface area contributed by atoms with E-state index in [-0.39, 0.29) is 28.2 Å². The SMILES string of the molecule is Cc1ccc(S(=O)(=O)OCC2(COS(=O)(=O)c3ccc(C)cc3)C[C@H]3[C@H]4Cc5cccc6c5[C@@]3(CCN4)[C@@H](O6)C2O)cc1. The highest BCUT2D eigenvalue weighted by molar-refractivity contribution is 7.87. The maximum absolute atomic E-state index is 13.3. The number of rotatable bonds is 8. The van der Waals surface area contributed by atoms with Crippen LogP contribution in [-0.2, 0) is 40.4 Å². The van der Waals surface area contributed by atoms with Crippen molar-refractivity contribution in [1.82, 2.24) is 5.32 Å². The molecule has 4 aliphatic rings. The zero-order valence-electron chi connectivity index (χ0n) is 24.0. The van der Waals surface area contributed by atoms with E-state index in [4.69, 9.17) is 13.1 Å². The zero-order chi connectivity index (χ0) is 30.2. The largest absolute Gasteiger partial charge is 0.486 e. The topological polar surface area (TPSA) is 128 Å². The summed E-state index contributed by atoms with van der Waals surface area (Å²) in [5.41, 5.74) is 2.21. The minimum absolute atomic E-state index is 0.0198. The molecule has 3 aromatic carbocycles. The van der Waals surface area contributed by atoms with Crippen molar-refractivity contribution in [3.63, 3.8) is 0 Å². The molecule has 2 heterocycles. The van der Waals surface area contributed by atoms with E-state index in [1.54, 1.807) is 24.3 Å². The van der Waals surface area contributed by atoms with Crippen LogP contribution in [0.15, 0.2) is 76.5 Å². The van der Waals surface area contributed by atoms with Gasteiger partial charge in [-0.1, -0.05) is 47.5 Å². The highest BCUT2D eigenvalue weighted by atomic mass is 32.2. The van der Waals surface area contributed by atoms with E-state index in [1.807, 2.05) is 26.0 Å². The van der Waals surface area contributed by atoms with Gasteiger partial charge >= 0.3 is 0 Å². The molecule has 5 atom stereocenters. The van der Waals surface area contributed by atoms with Crippen LogP contribution in [0.1, 0.15) is 35.1 Å². The number of piperidine rings is 1. The van der Waals surface area contributed by atoms with Gasteiger partial charge in [-0.3, -0.25) is 8.37 Å². The van der Waals surface area contributed by atoms with Gasteiger partial charge in [0.25, 0.3) is 20.2 Å². The van der Waals surface area contributed by atoms with Crippen molar-refractivity contribution in [2.45, 2.75) is 66.6 Å². The third-order valence-corrected chi connectivity index (χ3v) is 12.6. The molecule has 0 radical (unpaired) electrons. The Labute approximate surface area is 252 Å².